The van der Waals surface area contributed by atoms with Crippen LogP contribution in [0.15, 0.2) is 36.4 Å². The standard InChI is InChI=1S/C18H22O2/c1-2-20-17-12-11-13-7-3-4-8-14(13)18(17)15-9-5-6-10-16(15)19/h3-4,7-8,11-12,15-16,19H,2,5-6,9-10H2,1H3/t15-,16+/m1/s1. The summed E-state index contributed by atoms with van der Waals surface area (Å²) >= 11 is 0. The van der Waals surface area contributed by atoms with Crippen LogP contribution in [0.25, 0.3) is 10.8 Å². The molecule has 2 atom stereocenters. The molecule has 1 fully saturated rings. The smallest absolute Gasteiger partial charge is 0.123 e. The van der Waals surface area contributed by atoms with E-state index in [1.54, 1.807) is 0 Å². The van der Waals surface area contributed by atoms with Gasteiger partial charge < -0.3 is 9.84 Å². The van der Waals surface area contributed by atoms with E-state index in [9.17, 15) is 5.11 Å². The Hall–Kier alpha value is -1.54. The number of ether oxygens (including phenoxy) is 1. The molecule has 20 heavy (non-hydrogen) atoms. The van der Waals surface area contributed by atoms with Gasteiger partial charge in [0.1, 0.15) is 5.75 Å². The summed E-state index contributed by atoms with van der Waals surface area (Å²) in [6.07, 6.45) is 4.03. The lowest BCUT2D eigenvalue weighted by Crippen LogP contribution is -2.23. The minimum absolute atomic E-state index is 0.205. The highest BCUT2D eigenvalue weighted by Gasteiger charge is 2.28. The molecule has 2 nitrogen and oxygen atoms in total. The molecule has 106 valence electrons. The molecular formula is C18H22O2. The Bertz CT molecular complexity index is 591. The highest BCUT2D eigenvalue weighted by Crippen LogP contribution is 2.41. The zero-order valence-electron chi connectivity index (χ0n) is 12.0. The van der Waals surface area contributed by atoms with Crippen LogP contribution in [0, 0.1) is 0 Å². The Kier molecular flexibility index (Phi) is 3.93. The number of hydrogen-bond donors (Lipinski definition) is 1. The van der Waals surface area contributed by atoms with Gasteiger partial charge in [-0.25, -0.2) is 0 Å². The molecule has 3 rings (SSSR count). The summed E-state index contributed by atoms with van der Waals surface area (Å²) in [6, 6.07) is 12.6. The van der Waals surface area contributed by atoms with Gasteiger partial charge in [-0.2, -0.15) is 0 Å². The summed E-state index contributed by atoms with van der Waals surface area (Å²) in [4.78, 5) is 0. The van der Waals surface area contributed by atoms with Crippen LogP contribution in [0.4, 0.5) is 0 Å². The van der Waals surface area contributed by atoms with E-state index in [0.717, 1.165) is 25.0 Å². The van der Waals surface area contributed by atoms with E-state index in [1.807, 2.05) is 6.92 Å². The van der Waals surface area contributed by atoms with Gasteiger partial charge in [0.25, 0.3) is 0 Å². The molecule has 0 saturated heterocycles. The van der Waals surface area contributed by atoms with Crippen LogP contribution in [0.3, 0.4) is 0 Å². The third-order valence-corrected chi connectivity index (χ3v) is 4.33. The van der Waals surface area contributed by atoms with E-state index in [0.29, 0.717) is 6.61 Å². The SMILES string of the molecule is CCOc1ccc2ccccc2c1[C@@H]1CCCC[C@@H]1O. The predicted octanol–water partition coefficient (Wildman–Crippen LogP) is 4.26. The second-order valence-corrected chi connectivity index (χ2v) is 5.59. The van der Waals surface area contributed by atoms with Gasteiger partial charge in [-0.15, -0.1) is 0 Å². The molecule has 0 bridgehead atoms. The summed E-state index contributed by atoms with van der Waals surface area (Å²) < 4.78 is 5.84. The maximum absolute atomic E-state index is 10.4. The average Bonchev–Trinajstić information content (AvgIpc) is 2.48. The maximum Gasteiger partial charge on any atom is 0.123 e. The zero-order valence-corrected chi connectivity index (χ0v) is 12.0. The Morgan fingerprint density at radius 3 is 2.70 bits per heavy atom. The Morgan fingerprint density at radius 2 is 1.90 bits per heavy atom. The lowest BCUT2D eigenvalue weighted by molar-refractivity contribution is 0.105. The van der Waals surface area contributed by atoms with E-state index < -0.39 is 0 Å². The molecule has 1 aliphatic carbocycles. The molecule has 2 heteroatoms. The third kappa shape index (κ3) is 2.40. The molecule has 0 aliphatic heterocycles. The van der Waals surface area contributed by atoms with Crippen molar-refractivity contribution < 1.29 is 9.84 Å². The summed E-state index contributed by atoms with van der Waals surface area (Å²) in [5.41, 5.74) is 1.21. The second kappa shape index (κ2) is 5.84. The molecule has 0 radical (unpaired) electrons. The van der Waals surface area contributed by atoms with Gasteiger partial charge in [-0.3, -0.25) is 0 Å². The van der Waals surface area contributed by atoms with Crippen molar-refractivity contribution in [2.24, 2.45) is 0 Å². The molecule has 0 unspecified atom stereocenters. The van der Waals surface area contributed by atoms with Crippen LogP contribution < -0.4 is 4.74 Å². The first kappa shape index (κ1) is 13.4. The molecular weight excluding hydrogens is 248 g/mol. The van der Waals surface area contributed by atoms with Crippen molar-refractivity contribution in [2.45, 2.75) is 44.6 Å². The van der Waals surface area contributed by atoms with Crippen LogP contribution in [0.2, 0.25) is 0 Å². The highest BCUT2D eigenvalue weighted by atomic mass is 16.5. The van der Waals surface area contributed by atoms with Crippen LogP contribution in [0.1, 0.15) is 44.1 Å². The van der Waals surface area contributed by atoms with Crippen molar-refractivity contribution in [3.8, 4) is 5.75 Å². The second-order valence-electron chi connectivity index (χ2n) is 5.59. The number of aliphatic hydroxyl groups is 1. The van der Waals surface area contributed by atoms with Gasteiger partial charge in [0.05, 0.1) is 12.7 Å². The molecule has 0 amide bonds. The largest absolute Gasteiger partial charge is 0.494 e. The first-order valence-corrected chi connectivity index (χ1v) is 7.63. The van der Waals surface area contributed by atoms with Crippen LogP contribution in [0.5, 0.6) is 5.75 Å². The van der Waals surface area contributed by atoms with Crippen LogP contribution in [-0.4, -0.2) is 17.8 Å². The summed E-state index contributed by atoms with van der Waals surface area (Å²) in [5.74, 6) is 1.15. The third-order valence-electron chi connectivity index (χ3n) is 4.33. The predicted molar refractivity (Wildman–Crippen MR) is 82.3 cm³/mol. The Balaban J connectivity index is 2.15. The fourth-order valence-corrected chi connectivity index (χ4v) is 3.39. The van der Waals surface area contributed by atoms with Crippen LogP contribution >= 0.6 is 0 Å². The minimum atomic E-state index is -0.242. The summed E-state index contributed by atoms with van der Waals surface area (Å²) in [6.45, 7) is 2.67. The lowest BCUT2D eigenvalue weighted by atomic mass is 9.79. The van der Waals surface area contributed by atoms with Crippen molar-refractivity contribution in [3.63, 3.8) is 0 Å². The first-order valence-electron chi connectivity index (χ1n) is 7.63. The molecule has 2 aromatic rings. The molecule has 1 aliphatic rings. The highest BCUT2D eigenvalue weighted by molar-refractivity contribution is 5.88. The van der Waals surface area contributed by atoms with E-state index >= 15 is 0 Å². The van der Waals surface area contributed by atoms with Crippen molar-refractivity contribution in [1.29, 1.82) is 0 Å². The first-order chi connectivity index (χ1) is 9.81. The molecule has 2 aromatic carbocycles. The van der Waals surface area contributed by atoms with Gasteiger partial charge >= 0.3 is 0 Å². The van der Waals surface area contributed by atoms with Gasteiger partial charge in [-0.1, -0.05) is 43.2 Å². The van der Waals surface area contributed by atoms with Gasteiger partial charge in [0.2, 0.25) is 0 Å². The van der Waals surface area contributed by atoms with Crippen molar-refractivity contribution >= 4 is 10.8 Å². The normalized spacial score (nSPS) is 22.9. The molecule has 1 saturated carbocycles. The number of benzene rings is 2. The fraction of sp³-hybridized carbons (Fsp3) is 0.444. The van der Waals surface area contributed by atoms with Gasteiger partial charge in [-0.05, 0) is 36.6 Å². The summed E-state index contributed by atoms with van der Waals surface area (Å²) in [5, 5.41) is 12.9. The van der Waals surface area contributed by atoms with E-state index in [4.69, 9.17) is 4.74 Å². The van der Waals surface area contributed by atoms with Gasteiger partial charge in [0.15, 0.2) is 0 Å². The average molecular weight is 270 g/mol. The molecule has 0 heterocycles. The number of aliphatic hydroxyl groups excluding tert-OH is 1. The van der Waals surface area contributed by atoms with Gasteiger partial charge in [0, 0.05) is 11.5 Å². The minimum Gasteiger partial charge on any atom is -0.494 e. The number of hydrogen-bond acceptors (Lipinski definition) is 2. The summed E-state index contributed by atoms with van der Waals surface area (Å²) in [7, 11) is 0. The quantitative estimate of drug-likeness (QED) is 0.903. The molecule has 1 N–H and O–H groups in total. The van der Waals surface area contributed by atoms with Crippen molar-refractivity contribution in [3.05, 3.63) is 42.0 Å². The van der Waals surface area contributed by atoms with E-state index in [1.165, 1.54) is 22.8 Å². The van der Waals surface area contributed by atoms with Crippen LogP contribution in [-0.2, 0) is 0 Å². The zero-order chi connectivity index (χ0) is 13.9. The molecule has 0 aromatic heterocycles. The van der Waals surface area contributed by atoms with E-state index in [-0.39, 0.29) is 12.0 Å². The van der Waals surface area contributed by atoms with Crippen molar-refractivity contribution in [1.82, 2.24) is 0 Å². The topological polar surface area (TPSA) is 29.5 Å². The maximum atomic E-state index is 10.4. The van der Waals surface area contributed by atoms with Crippen molar-refractivity contribution in [2.75, 3.05) is 6.61 Å². The number of rotatable bonds is 3. The Labute approximate surface area is 120 Å². The number of fused-ring (bicyclic) bond motifs is 1. The monoisotopic (exact) mass is 270 g/mol. The molecule has 0 spiro atoms. The lowest BCUT2D eigenvalue weighted by Gasteiger charge is -2.30. The fourth-order valence-electron chi connectivity index (χ4n) is 3.39. The van der Waals surface area contributed by atoms with E-state index in [2.05, 4.69) is 36.4 Å². The Morgan fingerprint density at radius 1 is 1.10 bits per heavy atom.